The Hall–Kier alpha value is -3.97. The number of carbonyl (C=O) groups is 1. The van der Waals surface area contributed by atoms with Crippen LogP contribution in [-0.4, -0.2) is 119 Å². The van der Waals surface area contributed by atoms with Crippen LogP contribution in [0.1, 0.15) is 48.0 Å². The van der Waals surface area contributed by atoms with E-state index in [1.807, 2.05) is 37.4 Å². The number of hydrogen-bond donors (Lipinski definition) is 1. The number of anilines is 4. The van der Waals surface area contributed by atoms with E-state index >= 15 is 0 Å². The summed E-state index contributed by atoms with van der Waals surface area (Å²) >= 11 is 6.34. The third kappa shape index (κ3) is 7.44. The number of nitrogens with one attached hydrogen (secondary N) is 1. The van der Waals surface area contributed by atoms with Gasteiger partial charge in [-0.3, -0.25) is 14.6 Å². The number of halogens is 1. The minimum absolute atomic E-state index is 0.178. The standard InChI is InChI=1S/C42H53ClN8O/c1-45-35-5-10-37(11-6-35)48-22-24-49(25-23-48)39-29-46(30-39)28-32-12-17-50(18-13-32)41(52)33-2-7-36(8-3-33)47-19-14-42(15-20-47)16-21-51(31-42)38-9-4-34(27-44)40(43)26-38/h2-11,26,32,39,45H,12-25,28-31H2,1H3. The average Bonchev–Trinajstić information content (AvgIpc) is 3.59. The first kappa shape index (κ1) is 35.1. The van der Waals surface area contributed by atoms with Crippen molar-refractivity contribution in [2.75, 3.05) is 112 Å². The smallest absolute Gasteiger partial charge is 0.253 e. The van der Waals surface area contributed by atoms with E-state index in [0.29, 0.717) is 28.0 Å². The SMILES string of the molecule is CNc1ccc(N2CCN(C3CN(CC4CCN(C(=O)c5ccc(N6CCC7(CC6)CCN(c6ccc(C#N)c(Cl)c6)C7)cc5)CC4)C3)CC2)cc1. The lowest BCUT2D eigenvalue weighted by Crippen LogP contribution is -2.63. The van der Waals surface area contributed by atoms with Crippen molar-refractivity contribution in [2.24, 2.45) is 11.3 Å². The Balaban J connectivity index is 0.739. The number of amides is 1. The van der Waals surface area contributed by atoms with Crippen LogP contribution < -0.4 is 20.0 Å². The Bertz CT molecular complexity index is 1730. The van der Waals surface area contributed by atoms with E-state index in [0.717, 1.165) is 108 Å². The van der Waals surface area contributed by atoms with Crippen molar-refractivity contribution in [1.29, 1.82) is 5.26 Å². The molecule has 10 heteroatoms. The van der Waals surface area contributed by atoms with Gasteiger partial charge in [0.2, 0.25) is 0 Å². The van der Waals surface area contributed by atoms with Crippen molar-refractivity contribution in [3.8, 4) is 6.07 Å². The zero-order chi connectivity index (χ0) is 35.7. The van der Waals surface area contributed by atoms with Gasteiger partial charge in [-0.1, -0.05) is 11.6 Å². The predicted octanol–water partition coefficient (Wildman–Crippen LogP) is 6.11. The number of rotatable bonds is 8. The first-order valence-electron chi connectivity index (χ1n) is 19.5. The molecular weight excluding hydrogens is 668 g/mol. The van der Waals surface area contributed by atoms with Gasteiger partial charge in [-0.25, -0.2) is 0 Å². The monoisotopic (exact) mass is 720 g/mol. The molecule has 1 N–H and O–H groups in total. The Kier molecular flexibility index (Phi) is 10.2. The first-order valence-corrected chi connectivity index (χ1v) is 19.8. The van der Waals surface area contributed by atoms with Crippen molar-refractivity contribution in [3.05, 3.63) is 82.9 Å². The topological polar surface area (TPSA) is 72.3 Å². The van der Waals surface area contributed by atoms with Crippen LogP contribution >= 0.6 is 11.6 Å². The van der Waals surface area contributed by atoms with Crippen molar-refractivity contribution >= 4 is 40.3 Å². The number of carbonyl (C=O) groups excluding carboxylic acids is 1. The summed E-state index contributed by atoms with van der Waals surface area (Å²) in [6.07, 6.45) is 5.70. The molecule has 3 aromatic carbocycles. The lowest BCUT2D eigenvalue weighted by molar-refractivity contribution is 0.0136. The molecule has 274 valence electrons. The number of piperidine rings is 2. The van der Waals surface area contributed by atoms with Crippen molar-refractivity contribution in [3.63, 3.8) is 0 Å². The number of benzene rings is 3. The third-order valence-corrected chi connectivity index (χ3v) is 13.2. The molecule has 0 unspecified atom stereocenters. The van der Waals surface area contributed by atoms with Crippen LogP contribution in [0.4, 0.5) is 22.7 Å². The van der Waals surface area contributed by atoms with E-state index in [1.54, 1.807) is 0 Å². The van der Waals surface area contributed by atoms with E-state index in [2.05, 4.69) is 77.2 Å². The molecule has 5 heterocycles. The lowest BCUT2D eigenvalue weighted by atomic mass is 9.77. The number of likely N-dealkylation sites (tertiary alicyclic amines) is 2. The highest BCUT2D eigenvalue weighted by Crippen LogP contribution is 2.43. The van der Waals surface area contributed by atoms with Gasteiger partial charge in [0.1, 0.15) is 6.07 Å². The summed E-state index contributed by atoms with van der Waals surface area (Å²) < 4.78 is 0. The second kappa shape index (κ2) is 15.2. The van der Waals surface area contributed by atoms with Crippen LogP contribution in [0.25, 0.3) is 0 Å². The molecule has 5 aliphatic heterocycles. The maximum Gasteiger partial charge on any atom is 0.253 e. The fourth-order valence-corrected chi connectivity index (χ4v) is 9.60. The van der Waals surface area contributed by atoms with E-state index in [1.165, 1.54) is 37.4 Å². The average molecular weight is 721 g/mol. The highest BCUT2D eigenvalue weighted by Gasteiger charge is 2.41. The Morgan fingerprint density at radius 1 is 0.788 bits per heavy atom. The highest BCUT2D eigenvalue weighted by atomic mass is 35.5. The van der Waals surface area contributed by atoms with Crippen LogP contribution in [0.3, 0.4) is 0 Å². The molecule has 3 aromatic rings. The lowest BCUT2D eigenvalue weighted by Gasteiger charge is -2.49. The summed E-state index contributed by atoms with van der Waals surface area (Å²) in [7, 11) is 1.97. The van der Waals surface area contributed by atoms with Gasteiger partial charge < -0.3 is 24.9 Å². The third-order valence-electron chi connectivity index (χ3n) is 12.9. The van der Waals surface area contributed by atoms with E-state index in [-0.39, 0.29) is 5.91 Å². The number of piperazine rings is 1. The summed E-state index contributed by atoms with van der Waals surface area (Å²) in [4.78, 5) is 28.3. The van der Waals surface area contributed by atoms with E-state index in [9.17, 15) is 10.1 Å². The molecule has 0 bridgehead atoms. The number of hydrogen-bond acceptors (Lipinski definition) is 8. The summed E-state index contributed by atoms with van der Waals surface area (Å²) in [5, 5.41) is 13.0. The highest BCUT2D eigenvalue weighted by molar-refractivity contribution is 6.32. The van der Waals surface area contributed by atoms with Gasteiger partial charge in [-0.05, 0) is 110 Å². The molecule has 5 saturated heterocycles. The predicted molar refractivity (Wildman–Crippen MR) is 212 cm³/mol. The Labute approximate surface area is 314 Å². The fraction of sp³-hybridized carbons (Fsp3) is 0.524. The zero-order valence-electron chi connectivity index (χ0n) is 30.7. The molecule has 0 aliphatic carbocycles. The Morgan fingerprint density at radius 2 is 1.38 bits per heavy atom. The van der Waals surface area contributed by atoms with Crippen molar-refractivity contribution < 1.29 is 4.79 Å². The molecule has 0 saturated carbocycles. The molecule has 5 fully saturated rings. The summed E-state index contributed by atoms with van der Waals surface area (Å²) in [5.41, 5.74) is 6.49. The van der Waals surface area contributed by atoms with E-state index in [4.69, 9.17) is 11.6 Å². The maximum absolute atomic E-state index is 13.5. The quantitative estimate of drug-likeness (QED) is 0.299. The maximum atomic E-state index is 13.5. The molecule has 0 radical (unpaired) electrons. The van der Waals surface area contributed by atoms with Crippen LogP contribution in [0.2, 0.25) is 5.02 Å². The van der Waals surface area contributed by atoms with Crippen LogP contribution in [-0.2, 0) is 0 Å². The number of nitriles is 1. The second-order valence-electron chi connectivity index (χ2n) is 15.9. The minimum atomic E-state index is 0.178. The Morgan fingerprint density at radius 3 is 2.00 bits per heavy atom. The summed E-state index contributed by atoms with van der Waals surface area (Å²) in [5.74, 6) is 0.860. The molecule has 0 aromatic heterocycles. The minimum Gasteiger partial charge on any atom is -0.388 e. The fourth-order valence-electron chi connectivity index (χ4n) is 9.38. The van der Waals surface area contributed by atoms with Gasteiger partial charge in [0.05, 0.1) is 10.6 Å². The van der Waals surface area contributed by atoms with Crippen molar-refractivity contribution in [1.82, 2.24) is 14.7 Å². The molecule has 1 spiro atoms. The molecule has 9 nitrogen and oxygen atoms in total. The molecule has 0 atom stereocenters. The largest absolute Gasteiger partial charge is 0.388 e. The van der Waals surface area contributed by atoms with Crippen LogP contribution in [0.5, 0.6) is 0 Å². The number of nitrogens with zero attached hydrogens (tertiary/aromatic N) is 7. The van der Waals surface area contributed by atoms with Gasteiger partial charge in [-0.15, -0.1) is 0 Å². The normalized spacial score (nSPS) is 21.7. The first-order chi connectivity index (χ1) is 25.4. The second-order valence-corrected chi connectivity index (χ2v) is 16.3. The summed E-state index contributed by atoms with van der Waals surface area (Å²) in [6, 6.07) is 25.8. The molecule has 8 rings (SSSR count). The molecular formula is C42H53ClN8O. The van der Waals surface area contributed by atoms with Gasteiger partial charge >= 0.3 is 0 Å². The van der Waals surface area contributed by atoms with Gasteiger partial charge in [0.25, 0.3) is 5.91 Å². The van der Waals surface area contributed by atoms with E-state index < -0.39 is 0 Å². The van der Waals surface area contributed by atoms with Crippen molar-refractivity contribution in [2.45, 2.75) is 38.1 Å². The zero-order valence-corrected chi connectivity index (χ0v) is 31.4. The van der Waals surface area contributed by atoms with Gasteiger partial charge in [0, 0.05) is 126 Å². The molecule has 1 amide bonds. The van der Waals surface area contributed by atoms with Gasteiger partial charge in [-0.2, -0.15) is 5.26 Å². The molecule has 5 aliphatic rings. The van der Waals surface area contributed by atoms with Crippen LogP contribution in [0, 0.1) is 22.7 Å². The van der Waals surface area contributed by atoms with Crippen LogP contribution in [0.15, 0.2) is 66.7 Å². The van der Waals surface area contributed by atoms with Gasteiger partial charge in [0.15, 0.2) is 0 Å². The summed E-state index contributed by atoms with van der Waals surface area (Å²) in [6.45, 7) is 13.9. The molecule has 52 heavy (non-hydrogen) atoms.